The Hall–Kier alpha value is -0.680. The lowest BCUT2D eigenvalue weighted by Crippen LogP contribution is -2.09. The Bertz CT molecular complexity index is 301. The summed E-state index contributed by atoms with van der Waals surface area (Å²) in [5, 5.41) is -0.0894. The molecule has 0 N–H and O–H groups in total. The van der Waals surface area contributed by atoms with Gasteiger partial charge in [0.2, 0.25) is 0 Å². The van der Waals surface area contributed by atoms with Crippen molar-refractivity contribution >= 4 is 23.3 Å². The predicted molar refractivity (Wildman–Crippen MR) is 42.4 cm³/mol. The first kappa shape index (κ1) is 8.42. The summed E-state index contributed by atoms with van der Waals surface area (Å²) < 4.78 is 12.0. The third-order valence-corrected chi connectivity index (χ3v) is 1.78. The Balaban J connectivity index is 3.07. The van der Waals surface area contributed by atoms with Gasteiger partial charge in [-0.05, 0) is 6.92 Å². The molecule has 0 unspecified atom stereocenters. The molecule has 0 aliphatic rings. The van der Waals surface area contributed by atoms with E-state index in [1.807, 2.05) is 0 Å². The maximum Gasteiger partial charge on any atom is 0.279 e. The summed E-state index contributed by atoms with van der Waals surface area (Å²) in [6, 6.07) is 0. The molecule has 11 heavy (non-hydrogen) atoms. The van der Waals surface area contributed by atoms with Crippen molar-refractivity contribution in [3.05, 3.63) is 15.4 Å². The quantitative estimate of drug-likeness (QED) is 0.700. The summed E-state index contributed by atoms with van der Waals surface area (Å²) >= 11 is 6.27. The van der Waals surface area contributed by atoms with Gasteiger partial charge in [0.15, 0.2) is 5.15 Å². The average molecular weight is 193 g/mol. The molecular formula is C5H5ClN2O2S. The second-order valence-corrected chi connectivity index (χ2v) is 2.51. The fourth-order valence-electron chi connectivity index (χ4n) is 0.493. The molecule has 0 fully saturated rings. The third kappa shape index (κ3) is 1.87. The molecule has 0 saturated heterocycles. The van der Waals surface area contributed by atoms with Crippen LogP contribution in [0.15, 0.2) is 4.79 Å². The van der Waals surface area contributed by atoms with Crippen LogP contribution in [0.1, 0.15) is 6.92 Å². The zero-order valence-corrected chi connectivity index (χ0v) is 7.28. The molecule has 0 radical (unpaired) electrons. The smallest absolute Gasteiger partial charge is 0.279 e. The van der Waals surface area contributed by atoms with Gasteiger partial charge in [-0.15, -0.1) is 4.37 Å². The molecule has 4 nitrogen and oxygen atoms in total. The van der Waals surface area contributed by atoms with Crippen LogP contribution in [0.4, 0.5) is 0 Å². The van der Waals surface area contributed by atoms with Crippen molar-refractivity contribution in [3.63, 3.8) is 0 Å². The number of nitrogens with zero attached hydrogens (tertiary/aromatic N) is 2. The SMILES string of the molecule is CCOc1nsnc(Cl)c1=O. The van der Waals surface area contributed by atoms with Crippen LogP contribution in [-0.2, 0) is 0 Å². The Morgan fingerprint density at radius 3 is 3.00 bits per heavy atom. The maximum absolute atomic E-state index is 11.0. The molecule has 0 amide bonds. The van der Waals surface area contributed by atoms with Crippen LogP contribution < -0.4 is 10.2 Å². The predicted octanol–water partition coefficient (Wildman–Crippen LogP) is 0.950. The minimum absolute atomic E-state index is 0.0255. The van der Waals surface area contributed by atoms with E-state index in [4.69, 9.17) is 16.3 Å². The minimum Gasteiger partial charge on any atom is -0.474 e. The molecule has 6 heteroatoms. The fourth-order valence-corrected chi connectivity index (χ4v) is 1.07. The minimum atomic E-state index is -0.452. The number of ether oxygens (including phenoxy) is 1. The van der Waals surface area contributed by atoms with Crippen LogP contribution in [0.3, 0.4) is 0 Å². The number of hydrogen-bond donors (Lipinski definition) is 0. The van der Waals surface area contributed by atoms with Gasteiger partial charge in [-0.1, -0.05) is 11.6 Å². The first-order chi connectivity index (χ1) is 5.25. The summed E-state index contributed by atoms with van der Waals surface area (Å²) in [5.41, 5.74) is -0.452. The summed E-state index contributed by atoms with van der Waals surface area (Å²) in [7, 11) is 0. The van der Waals surface area contributed by atoms with E-state index in [1.165, 1.54) is 0 Å². The first-order valence-electron chi connectivity index (χ1n) is 2.91. The monoisotopic (exact) mass is 192 g/mol. The molecule has 0 aliphatic heterocycles. The van der Waals surface area contributed by atoms with E-state index in [1.54, 1.807) is 6.92 Å². The topological polar surface area (TPSA) is 52.1 Å². The number of hydrogen-bond acceptors (Lipinski definition) is 5. The molecule has 1 heterocycles. The number of aromatic nitrogens is 2. The lowest BCUT2D eigenvalue weighted by Gasteiger charge is -1.96. The van der Waals surface area contributed by atoms with Crippen LogP contribution in [0, 0.1) is 0 Å². The Morgan fingerprint density at radius 1 is 1.64 bits per heavy atom. The summed E-state index contributed by atoms with van der Waals surface area (Å²) in [6.45, 7) is 2.16. The highest BCUT2D eigenvalue weighted by molar-refractivity contribution is 6.99. The van der Waals surface area contributed by atoms with Crippen molar-refractivity contribution in [2.24, 2.45) is 0 Å². The van der Waals surface area contributed by atoms with Crippen molar-refractivity contribution in [2.75, 3.05) is 6.61 Å². The second kappa shape index (κ2) is 3.64. The van der Waals surface area contributed by atoms with E-state index >= 15 is 0 Å². The van der Waals surface area contributed by atoms with E-state index in [9.17, 15) is 4.79 Å². The van der Waals surface area contributed by atoms with E-state index in [0.717, 1.165) is 11.7 Å². The van der Waals surface area contributed by atoms with Crippen molar-refractivity contribution in [1.29, 1.82) is 0 Å². The van der Waals surface area contributed by atoms with Gasteiger partial charge in [-0.25, -0.2) is 0 Å². The molecule has 0 aromatic carbocycles. The normalized spacial score (nSPS) is 9.64. The molecule has 1 aromatic rings. The molecule has 1 aromatic heterocycles. The lowest BCUT2D eigenvalue weighted by molar-refractivity contribution is 0.326. The van der Waals surface area contributed by atoms with Gasteiger partial charge < -0.3 is 4.74 Å². The molecule has 60 valence electrons. The highest BCUT2D eigenvalue weighted by Crippen LogP contribution is 2.04. The molecule has 0 aliphatic carbocycles. The van der Waals surface area contributed by atoms with Crippen LogP contribution in [-0.4, -0.2) is 15.4 Å². The molecule has 0 atom stereocenters. The maximum atomic E-state index is 11.0. The van der Waals surface area contributed by atoms with E-state index < -0.39 is 5.43 Å². The van der Waals surface area contributed by atoms with Gasteiger partial charge in [-0.3, -0.25) is 4.79 Å². The molecule has 0 saturated carbocycles. The fraction of sp³-hybridized carbons (Fsp3) is 0.400. The van der Waals surface area contributed by atoms with Crippen LogP contribution in [0.5, 0.6) is 5.88 Å². The summed E-state index contributed by atoms with van der Waals surface area (Å²) in [4.78, 5) is 11.0. The zero-order valence-electron chi connectivity index (χ0n) is 5.70. The highest BCUT2D eigenvalue weighted by atomic mass is 35.5. The van der Waals surface area contributed by atoms with E-state index in [2.05, 4.69) is 8.75 Å². The van der Waals surface area contributed by atoms with Gasteiger partial charge in [0.1, 0.15) is 0 Å². The van der Waals surface area contributed by atoms with Crippen molar-refractivity contribution in [3.8, 4) is 5.88 Å². The van der Waals surface area contributed by atoms with Crippen molar-refractivity contribution in [1.82, 2.24) is 8.75 Å². The molecule has 0 spiro atoms. The second-order valence-electron chi connectivity index (χ2n) is 1.62. The van der Waals surface area contributed by atoms with Crippen LogP contribution >= 0.6 is 23.3 Å². The van der Waals surface area contributed by atoms with Gasteiger partial charge in [0.25, 0.3) is 11.3 Å². The Kier molecular flexibility index (Phi) is 2.78. The number of rotatable bonds is 2. The van der Waals surface area contributed by atoms with Crippen molar-refractivity contribution in [2.45, 2.75) is 6.92 Å². The lowest BCUT2D eigenvalue weighted by atomic mass is 10.6. The van der Waals surface area contributed by atoms with Crippen LogP contribution in [0.2, 0.25) is 5.15 Å². The summed E-state index contributed by atoms with van der Waals surface area (Å²) in [6.07, 6.45) is 0. The molecular weight excluding hydrogens is 188 g/mol. The van der Waals surface area contributed by atoms with Gasteiger partial charge >= 0.3 is 0 Å². The van der Waals surface area contributed by atoms with E-state index in [0.29, 0.717) is 6.61 Å². The third-order valence-electron chi connectivity index (χ3n) is 0.907. The molecule has 0 bridgehead atoms. The number of halogens is 1. The van der Waals surface area contributed by atoms with Crippen LogP contribution in [0.25, 0.3) is 0 Å². The van der Waals surface area contributed by atoms with Gasteiger partial charge in [-0.2, -0.15) is 4.37 Å². The molecule has 1 rings (SSSR count). The Labute approximate surface area is 72.1 Å². The zero-order chi connectivity index (χ0) is 8.27. The highest BCUT2D eigenvalue weighted by Gasteiger charge is 2.05. The largest absolute Gasteiger partial charge is 0.474 e. The van der Waals surface area contributed by atoms with E-state index in [-0.39, 0.29) is 11.0 Å². The average Bonchev–Trinajstić information content (AvgIpc) is 1.99. The van der Waals surface area contributed by atoms with Gasteiger partial charge in [0, 0.05) is 0 Å². The first-order valence-corrected chi connectivity index (χ1v) is 4.01. The van der Waals surface area contributed by atoms with Crippen molar-refractivity contribution < 1.29 is 4.74 Å². The standard InChI is InChI=1S/C5H5ClN2O2S/c1-2-10-5-3(9)4(6)7-11-8-5/h2H2,1H3. The summed E-state index contributed by atoms with van der Waals surface area (Å²) in [5.74, 6) is 0.0255. The Morgan fingerprint density at radius 2 is 2.36 bits per heavy atom. The van der Waals surface area contributed by atoms with Gasteiger partial charge in [0.05, 0.1) is 18.3 Å².